The van der Waals surface area contributed by atoms with E-state index in [-0.39, 0.29) is 17.4 Å². The monoisotopic (exact) mass is 308 g/mol. The van der Waals surface area contributed by atoms with E-state index in [0.29, 0.717) is 11.5 Å². The normalized spacial score (nSPS) is 22.6. The lowest BCUT2D eigenvalue weighted by Crippen LogP contribution is -2.19. The Morgan fingerprint density at radius 1 is 1.24 bits per heavy atom. The summed E-state index contributed by atoms with van der Waals surface area (Å²) >= 11 is 0. The molecule has 112 valence electrons. The van der Waals surface area contributed by atoms with E-state index in [1.165, 1.54) is 4.57 Å². The van der Waals surface area contributed by atoms with Crippen LogP contribution in [0.2, 0.25) is 0 Å². The topological polar surface area (TPSA) is 100 Å². The van der Waals surface area contributed by atoms with Gasteiger partial charge in [0.05, 0.1) is 6.10 Å². The molecule has 2 N–H and O–H groups in total. The number of para-hydroxylation sites is 1. The molecule has 1 fully saturated rings. The zero-order valence-electron chi connectivity index (χ0n) is 11.5. The Morgan fingerprint density at radius 2 is 1.95 bits per heavy atom. The smallest absolute Gasteiger partial charge is 0.274 e. The fraction of sp³-hybridized carbons (Fsp3) is 0.385. The maximum Gasteiger partial charge on any atom is 0.274 e. The quantitative estimate of drug-likeness (QED) is 0.917. The first-order valence-corrected chi connectivity index (χ1v) is 8.20. The summed E-state index contributed by atoms with van der Waals surface area (Å²) in [4.78, 5) is 0. The van der Waals surface area contributed by atoms with E-state index in [1.54, 1.807) is 12.1 Å². The maximum atomic E-state index is 11.7. The van der Waals surface area contributed by atoms with Crippen LogP contribution in [0.3, 0.4) is 0 Å². The largest absolute Gasteiger partial charge is 0.367 e. The van der Waals surface area contributed by atoms with Gasteiger partial charge in [0, 0.05) is 5.69 Å². The minimum atomic E-state index is -3.97. The van der Waals surface area contributed by atoms with Crippen molar-refractivity contribution in [3.05, 3.63) is 36.2 Å². The molecule has 2 heterocycles. The molecule has 3 rings (SSSR count). The molecule has 0 bridgehead atoms. The molecule has 0 aliphatic carbocycles. The molecule has 2 unspecified atom stereocenters. The van der Waals surface area contributed by atoms with Gasteiger partial charge in [-0.05, 0) is 31.9 Å². The average molecular weight is 308 g/mol. The second kappa shape index (κ2) is 5.21. The highest BCUT2D eigenvalue weighted by Crippen LogP contribution is 2.33. The third-order valence-electron chi connectivity index (χ3n) is 3.45. The van der Waals surface area contributed by atoms with E-state index in [9.17, 15) is 8.42 Å². The number of hydrogen-bond acceptors (Lipinski definition) is 5. The van der Waals surface area contributed by atoms with Crippen molar-refractivity contribution in [2.45, 2.75) is 37.1 Å². The van der Waals surface area contributed by atoms with Gasteiger partial charge in [0.25, 0.3) is 15.2 Å². The summed E-state index contributed by atoms with van der Waals surface area (Å²) < 4.78 is 30.7. The molecule has 0 amide bonds. The van der Waals surface area contributed by atoms with Crippen LogP contribution in [-0.2, 0) is 14.8 Å². The molecule has 21 heavy (non-hydrogen) atoms. The van der Waals surface area contributed by atoms with E-state index < -0.39 is 10.0 Å². The standard InChI is InChI=1S/C13H16N4O3S/c1-9-7-8-11(20-9)12-15-16-13(21(14,18)19)17(12)10-5-3-2-4-6-10/h2-6,9,11H,7-8H2,1H3,(H2,14,18,19). The number of sulfonamides is 1. The van der Waals surface area contributed by atoms with Gasteiger partial charge in [-0.1, -0.05) is 18.2 Å². The van der Waals surface area contributed by atoms with Crippen molar-refractivity contribution >= 4 is 10.0 Å². The number of nitrogens with two attached hydrogens (primary N) is 1. The van der Waals surface area contributed by atoms with Crippen LogP contribution in [0.4, 0.5) is 0 Å². The predicted octanol–water partition coefficient (Wildman–Crippen LogP) is 1.15. The van der Waals surface area contributed by atoms with Crippen molar-refractivity contribution in [2.75, 3.05) is 0 Å². The second-order valence-corrected chi connectivity index (χ2v) is 6.52. The molecule has 2 atom stereocenters. The Bertz CT molecular complexity index is 742. The van der Waals surface area contributed by atoms with E-state index >= 15 is 0 Å². The number of nitrogens with zero attached hydrogens (tertiary/aromatic N) is 3. The molecule has 2 aromatic rings. The molecular weight excluding hydrogens is 292 g/mol. The summed E-state index contributed by atoms with van der Waals surface area (Å²) in [6.45, 7) is 1.98. The molecule has 1 aliphatic heterocycles. The van der Waals surface area contributed by atoms with Crippen LogP contribution in [0, 0.1) is 0 Å². The van der Waals surface area contributed by atoms with Gasteiger partial charge in [0.2, 0.25) is 0 Å². The number of benzene rings is 1. The number of aromatic nitrogens is 3. The van der Waals surface area contributed by atoms with E-state index in [4.69, 9.17) is 9.88 Å². The van der Waals surface area contributed by atoms with Crippen molar-refractivity contribution < 1.29 is 13.2 Å². The van der Waals surface area contributed by atoms with Crippen LogP contribution in [0.1, 0.15) is 31.7 Å². The van der Waals surface area contributed by atoms with Gasteiger partial charge >= 0.3 is 0 Å². The first-order chi connectivity index (χ1) is 9.97. The highest BCUT2D eigenvalue weighted by molar-refractivity contribution is 7.89. The molecule has 7 nitrogen and oxygen atoms in total. The van der Waals surface area contributed by atoms with Crippen molar-refractivity contribution in [1.29, 1.82) is 0 Å². The molecular formula is C13H16N4O3S. The van der Waals surface area contributed by atoms with Crippen molar-refractivity contribution in [3.8, 4) is 5.69 Å². The van der Waals surface area contributed by atoms with Gasteiger partial charge in [-0.2, -0.15) is 0 Å². The summed E-state index contributed by atoms with van der Waals surface area (Å²) in [7, 11) is -3.97. The molecule has 1 aromatic carbocycles. The zero-order valence-corrected chi connectivity index (χ0v) is 12.3. The highest BCUT2D eigenvalue weighted by Gasteiger charge is 2.31. The van der Waals surface area contributed by atoms with E-state index in [0.717, 1.165) is 12.8 Å². The van der Waals surface area contributed by atoms with Crippen LogP contribution in [-0.4, -0.2) is 29.3 Å². The summed E-state index contributed by atoms with van der Waals surface area (Å²) in [5.74, 6) is 0.467. The number of primary sulfonamides is 1. The molecule has 0 saturated carbocycles. The average Bonchev–Trinajstić information content (AvgIpc) is 3.04. The Balaban J connectivity index is 2.16. The lowest BCUT2D eigenvalue weighted by atomic mass is 10.2. The van der Waals surface area contributed by atoms with Gasteiger partial charge in [-0.3, -0.25) is 4.57 Å². The van der Waals surface area contributed by atoms with Gasteiger partial charge in [-0.15, -0.1) is 10.2 Å². The van der Waals surface area contributed by atoms with Gasteiger partial charge < -0.3 is 4.74 Å². The van der Waals surface area contributed by atoms with Gasteiger partial charge in [0.15, 0.2) is 5.82 Å². The Morgan fingerprint density at radius 3 is 2.52 bits per heavy atom. The van der Waals surface area contributed by atoms with E-state index in [1.807, 2.05) is 25.1 Å². The highest BCUT2D eigenvalue weighted by atomic mass is 32.2. The summed E-state index contributed by atoms with van der Waals surface area (Å²) in [5, 5.41) is 12.7. The maximum absolute atomic E-state index is 11.7. The van der Waals surface area contributed by atoms with Crippen molar-refractivity contribution in [3.63, 3.8) is 0 Å². The van der Waals surface area contributed by atoms with E-state index in [2.05, 4.69) is 10.2 Å². The minimum Gasteiger partial charge on any atom is -0.367 e. The lowest BCUT2D eigenvalue weighted by molar-refractivity contribution is 0.0490. The number of rotatable bonds is 3. The van der Waals surface area contributed by atoms with Crippen LogP contribution in [0.5, 0.6) is 0 Å². The third-order valence-corrected chi connectivity index (χ3v) is 4.22. The fourth-order valence-corrected chi connectivity index (χ4v) is 3.09. The first kappa shape index (κ1) is 14.2. The van der Waals surface area contributed by atoms with Crippen LogP contribution >= 0.6 is 0 Å². The van der Waals surface area contributed by atoms with Crippen molar-refractivity contribution in [2.24, 2.45) is 5.14 Å². The third kappa shape index (κ3) is 2.69. The Kier molecular flexibility index (Phi) is 3.52. The van der Waals surface area contributed by atoms with Crippen molar-refractivity contribution in [1.82, 2.24) is 14.8 Å². The van der Waals surface area contributed by atoms with Crippen LogP contribution in [0.25, 0.3) is 5.69 Å². The Hall–Kier alpha value is -1.77. The molecule has 8 heteroatoms. The van der Waals surface area contributed by atoms with Gasteiger partial charge in [-0.25, -0.2) is 13.6 Å². The summed E-state index contributed by atoms with van der Waals surface area (Å²) in [6.07, 6.45) is 1.52. The zero-order chi connectivity index (χ0) is 15.0. The molecule has 1 aliphatic rings. The lowest BCUT2D eigenvalue weighted by Gasteiger charge is -2.14. The number of hydrogen-bond donors (Lipinski definition) is 1. The van der Waals surface area contributed by atoms with Crippen LogP contribution in [0.15, 0.2) is 35.5 Å². The SMILES string of the molecule is CC1CCC(c2nnc(S(N)(=O)=O)n2-c2ccccc2)O1. The molecule has 0 spiro atoms. The second-order valence-electron chi connectivity index (χ2n) is 5.07. The predicted molar refractivity (Wildman–Crippen MR) is 75.3 cm³/mol. The van der Waals surface area contributed by atoms with Crippen LogP contribution < -0.4 is 5.14 Å². The first-order valence-electron chi connectivity index (χ1n) is 6.66. The van der Waals surface area contributed by atoms with Gasteiger partial charge in [0.1, 0.15) is 6.10 Å². The number of ether oxygens (including phenoxy) is 1. The molecule has 1 aromatic heterocycles. The minimum absolute atomic E-state index is 0.119. The summed E-state index contributed by atoms with van der Waals surface area (Å²) in [6, 6.07) is 9.02. The summed E-state index contributed by atoms with van der Waals surface area (Å²) in [5.41, 5.74) is 0.643. The molecule has 1 saturated heterocycles. The fourth-order valence-electron chi connectivity index (χ4n) is 2.49. The molecule has 0 radical (unpaired) electrons. The Labute approximate surface area is 122 Å².